The molecule has 1 aliphatic carbocycles. The van der Waals surface area contributed by atoms with Crippen molar-refractivity contribution in [3.8, 4) is 11.1 Å². The van der Waals surface area contributed by atoms with E-state index in [9.17, 15) is 27.4 Å². The minimum Gasteiger partial charge on any atom is -0.463 e. The van der Waals surface area contributed by atoms with Crippen LogP contribution in [0.15, 0.2) is 48.5 Å². The second-order valence-corrected chi connectivity index (χ2v) is 8.68. The molecule has 0 amide bonds. The molecule has 1 heterocycles. The third-order valence-corrected chi connectivity index (χ3v) is 6.12. The number of esters is 2. The smallest absolute Gasteiger partial charge is 0.463 e. The molecule has 2 unspecified atom stereocenters. The van der Waals surface area contributed by atoms with Crippen LogP contribution in [0.3, 0.4) is 0 Å². The van der Waals surface area contributed by atoms with E-state index in [1.807, 2.05) is 48.5 Å². The number of carbonyl (C=O) groups excluding carboxylic acids is 3. The Hall–Kier alpha value is -3.44. The highest BCUT2D eigenvalue weighted by Crippen LogP contribution is 2.44. The number of hydrogen-bond acceptors (Lipinski definition) is 9. The summed E-state index contributed by atoms with van der Waals surface area (Å²) in [7, 11) is -5.17. The molecule has 2 aliphatic rings. The maximum absolute atomic E-state index is 12.5. The summed E-state index contributed by atoms with van der Waals surface area (Å²) in [5.74, 6) is -3.40. The first-order valence-electron chi connectivity index (χ1n) is 9.57. The van der Waals surface area contributed by atoms with E-state index < -0.39 is 46.2 Å². The van der Waals surface area contributed by atoms with Crippen LogP contribution in [0.25, 0.3) is 11.1 Å². The minimum atomic E-state index is -5.17. The Kier molecular flexibility index (Phi) is 5.85. The Morgan fingerprint density at radius 2 is 1.50 bits per heavy atom. The molecule has 1 aliphatic heterocycles. The predicted molar refractivity (Wildman–Crippen MR) is 107 cm³/mol. The van der Waals surface area contributed by atoms with Gasteiger partial charge in [0.25, 0.3) is 15.4 Å². The van der Waals surface area contributed by atoms with Crippen LogP contribution < -0.4 is 0 Å². The van der Waals surface area contributed by atoms with Crippen LogP contribution in [0.1, 0.15) is 17.0 Å². The van der Waals surface area contributed by atoms with Gasteiger partial charge in [-0.2, -0.15) is 8.42 Å². The van der Waals surface area contributed by atoms with Gasteiger partial charge in [0.05, 0.1) is 0 Å². The van der Waals surface area contributed by atoms with Crippen molar-refractivity contribution < 1.29 is 46.3 Å². The quantitative estimate of drug-likeness (QED) is 0.279. The van der Waals surface area contributed by atoms with Gasteiger partial charge in [-0.1, -0.05) is 48.5 Å². The number of rotatable bonds is 7. The van der Waals surface area contributed by atoms with Gasteiger partial charge in [0, 0.05) is 5.92 Å². The zero-order valence-corrected chi connectivity index (χ0v) is 17.3. The van der Waals surface area contributed by atoms with E-state index in [2.05, 4.69) is 9.47 Å². The monoisotopic (exact) mass is 462 g/mol. The van der Waals surface area contributed by atoms with Crippen LogP contribution in [0, 0.1) is 0 Å². The predicted octanol–water partition coefficient (Wildman–Crippen LogP) is 1.68. The van der Waals surface area contributed by atoms with E-state index in [-0.39, 0.29) is 19.1 Å². The first-order chi connectivity index (χ1) is 15.3. The topological polar surface area (TPSA) is 142 Å². The van der Waals surface area contributed by atoms with E-state index >= 15 is 0 Å². The van der Waals surface area contributed by atoms with Gasteiger partial charge in [-0.3, -0.25) is 4.55 Å². The van der Waals surface area contributed by atoms with Gasteiger partial charge in [0.1, 0.15) is 19.8 Å². The second kappa shape index (κ2) is 8.60. The fourth-order valence-corrected chi connectivity index (χ4v) is 4.34. The average Bonchev–Trinajstić information content (AvgIpc) is 3.31. The van der Waals surface area contributed by atoms with Crippen LogP contribution in [0.4, 0.5) is 4.79 Å². The summed E-state index contributed by atoms with van der Waals surface area (Å²) in [6.45, 7) is -0.999. The fraction of sp³-hybridized carbons (Fsp3) is 0.286. The molecule has 0 radical (unpaired) electrons. The maximum atomic E-state index is 12.5. The summed E-state index contributed by atoms with van der Waals surface area (Å²) in [4.78, 5) is 35.6. The summed E-state index contributed by atoms with van der Waals surface area (Å²) in [5, 5.41) is -2.59. The van der Waals surface area contributed by atoms with Gasteiger partial charge in [-0.15, -0.1) is 0 Å². The molecule has 11 heteroatoms. The van der Waals surface area contributed by atoms with E-state index in [0.717, 1.165) is 22.3 Å². The highest BCUT2D eigenvalue weighted by Gasteiger charge is 2.43. The maximum Gasteiger partial charge on any atom is 0.508 e. The average molecular weight is 462 g/mol. The minimum absolute atomic E-state index is 0.201. The molecule has 32 heavy (non-hydrogen) atoms. The number of cyclic esters (lactones) is 2. The molecular formula is C21H18O10S. The lowest BCUT2D eigenvalue weighted by Gasteiger charge is -2.17. The van der Waals surface area contributed by atoms with Crippen LogP contribution in [-0.4, -0.2) is 62.2 Å². The van der Waals surface area contributed by atoms with Crippen LogP contribution in [0.5, 0.6) is 0 Å². The van der Waals surface area contributed by atoms with Gasteiger partial charge in [-0.05, 0) is 22.3 Å². The molecule has 2 atom stereocenters. The summed E-state index contributed by atoms with van der Waals surface area (Å²) in [6, 6.07) is 15.0. The number of fused-ring (bicyclic) bond motifs is 3. The van der Waals surface area contributed by atoms with Crippen molar-refractivity contribution in [3.05, 3.63) is 59.7 Å². The lowest BCUT2D eigenvalue weighted by Crippen LogP contribution is -2.41. The van der Waals surface area contributed by atoms with Crippen molar-refractivity contribution in [2.45, 2.75) is 17.3 Å². The molecule has 1 fully saturated rings. The molecule has 0 bridgehead atoms. The van der Waals surface area contributed by atoms with Crippen molar-refractivity contribution in [1.82, 2.24) is 0 Å². The standard InChI is InChI=1S/C21H18O10S/c22-19(28-9-12-10-30-21(24)31-12)18(32(25,26)27)20(23)29-11-17-15-7-3-1-5-13(15)14-6-2-4-8-16(14)17/h1-8,12,17-18H,9-11H2,(H,25,26,27). The van der Waals surface area contributed by atoms with Crippen molar-refractivity contribution in [3.63, 3.8) is 0 Å². The fourth-order valence-electron chi connectivity index (χ4n) is 3.72. The number of hydrogen-bond donors (Lipinski definition) is 1. The molecule has 2 aromatic rings. The summed E-state index contributed by atoms with van der Waals surface area (Å²) >= 11 is 0. The Labute approximate surface area is 182 Å². The van der Waals surface area contributed by atoms with Crippen molar-refractivity contribution in [2.75, 3.05) is 19.8 Å². The molecular weight excluding hydrogens is 444 g/mol. The van der Waals surface area contributed by atoms with E-state index in [0.29, 0.717) is 0 Å². The van der Waals surface area contributed by atoms with Gasteiger partial charge in [0.15, 0.2) is 6.10 Å². The Balaban J connectivity index is 1.46. The van der Waals surface area contributed by atoms with Crippen LogP contribution in [-0.2, 0) is 38.7 Å². The molecule has 1 saturated heterocycles. The molecule has 4 rings (SSSR count). The van der Waals surface area contributed by atoms with Gasteiger partial charge in [-0.25, -0.2) is 14.4 Å². The van der Waals surface area contributed by atoms with E-state index in [1.54, 1.807) is 0 Å². The Bertz CT molecular complexity index is 1130. The van der Waals surface area contributed by atoms with Crippen molar-refractivity contribution in [2.24, 2.45) is 0 Å². The molecule has 2 aromatic carbocycles. The van der Waals surface area contributed by atoms with Crippen molar-refractivity contribution >= 4 is 28.2 Å². The SMILES string of the molecule is O=C1OCC(COC(=O)C(C(=O)OCC2c3ccccc3-c3ccccc32)S(=O)(=O)O)O1. The molecule has 10 nitrogen and oxygen atoms in total. The summed E-state index contributed by atoms with van der Waals surface area (Å²) < 4.78 is 51.9. The normalized spacial score (nSPS) is 18.2. The number of carbonyl (C=O) groups is 3. The zero-order chi connectivity index (χ0) is 22.9. The Morgan fingerprint density at radius 3 is 2.00 bits per heavy atom. The van der Waals surface area contributed by atoms with Crippen LogP contribution in [0.2, 0.25) is 0 Å². The lowest BCUT2D eigenvalue weighted by atomic mass is 9.98. The Morgan fingerprint density at radius 1 is 0.969 bits per heavy atom. The molecule has 1 N–H and O–H groups in total. The third-order valence-electron chi connectivity index (χ3n) is 5.14. The highest BCUT2D eigenvalue weighted by molar-refractivity contribution is 7.88. The van der Waals surface area contributed by atoms with Gasteiger partial charge < -0.3 is 18.9 Å². The summed E-state index contributed by atoms with van der Waals surface area (Å²) in [6.07, 6.45) is -1.91. The molecule has 0 aromatic heterocycles. The highest BCUT2D eigenvalue weighted by atomic mass is 32.2. The largest absolute Gasteiger partial charge is 0.508 e. The van der Waals surface area contributed by atoms with Crippen LogP contribution >= 0.6 is 0 Å². The molecule has 168 valence electrons. The van der Waals surface area contributed by atoms with Crippen molar-refractivity contribution in [1.29, 1.82) is 0 Å². The number of benzene rings is 2. The first-order valence-corrected chi connectivity index (χ1v) is 11.1. The third kappa shape index (κ3) is 4.30. The summed E-state index contributed by atoms with van der Waals surface area (Å²) in [5.41, 5.74) is 3.69. The first kappa shape index (κ1) is 21.8. The van der Waals surface area contributed by atoms with Gasteiger partial charge >= 0.3 is 18.1 Å². The number of ether oxygens (including phenoxy) is 4. The van der Waals surface area contributed by atoms with E-state index in [4.69, 9.17) is 9.47 Å². The second-order valence-electron chi connectivity index (χ2n) is 7.18. The zero-order valence-electron chi connectivity index (χ0n) is 16.5. The van der Waals surface area contributed by atoms with E-state index in [1.165, 1.54) is 0 Å². The lowest BCUT2D eigenvalue weighted by molar-refractivity contribution is -0.155. The van der Waals surface area contributed by atoms with Gasteiger partial charge in [0.2, 0.25) is 0 Å². The molecule has 0 spiro atoms. The molecule has 0 saturated carbocycles.